The summed E-state index contributed by atoms with van der Waals surface area (Å²) in [5.41, 5.74) is 3.72. The van der Waals surface area contributed by atoms with E-state index in [1.807, 2.05) is 11.6 Å². The Hall–Kier alpha value is -2.85. The monoisotopic (exact) mass is 541 g/mol. The zero-order valence-corrected chi connectivity index (χ0v) is 23.6. The summed E-state index contributed by atoms with van der Waals surface area (Å²) in [7, 11) is 3.29. The van der Waals surface area contributed by atoms with E-state index in [1.54, 1.807) is 0 Å². The summed E-state index contributed by atoms with van der Waals surface area (Å²) in [5.74, 6) is 0.347. The summed E-state index contributed by atoms with van der Waals surface area (Å²) in [4.78, 5) is 29.0. The Balaban J connectivity index is 1.44. The van der Waals surface area contributed by atoms with Gasteiger partial charge in [0.15, 0.2) is 11.0 Å². The van der Waals surface area contributed by atoms with Crippen LogP contribution < -0.4 is 10.2 Å². The van der Waals surface area contributed by atoms with E-state index in [4.69, 9.17) is 4.74 Å². The SMILES string of the molecule is CCN(CC)c1ccc(-c2nnc(SCC(=O)Nc3sc4c(c3C(=O)OC)CCCCCC4)n2C)cc1. The highest BCUT2D eigenvalue weighted by Gasteiger charge is 2.26. The number of fused-ring (bicyclic) bond motifs is 1. The zero-order valence-electron chi connectivity index (χ0n) is 22.0. The molecule has 2 aromatic heterocycles. The number of ether oxygens (including phenoxy) is 1. The first-order valence-corrected chi connectivity index (χ1v) is 14.7. The van der Waals surface area contributed by atoms with Crippen LogP contribution in [0.5, 0.6) is 0 Å². The molecular formula is C27H35N5O3S2. The second-order valence-electron chi connectivity index (χ2n) is 9.03. The van der Waals surface area contributed by atoms with Crippen LogP contribution in [0.1, 0.15) is 60.3 Å². The molecule has 0 atom stereocenters. The Bertz CT molecular complexity index is 1230. The lowest BCUT2D eigenvalue weighted by atomic mass is 9.96. The number of methoxy groups -OCH3 is 1. The predicted octanol–water partition coefficient (Wildman–Crippen LogP) is 5.57. The zero-order chi connectivity index (χ0) is 26.4. The van der Waals surface area contributed by atoms with Crippen molar-refractivity contribution in [3.05, 3.63) is 40.3 Å². The number of aromatic nitrogens is 3. The number of amides is 1. The smallest absolute Gasteiger partial charge is 0.341 e. The fraction of sp³-hybridized carbons (Fsp3) is 0.481. The molecule has 0 unspecified atom stereocenters. The minimum Gasteiger partial charge on any atom is -0.465 e. The molecule has 3 aromatic rings. The Kier molecular flexibility index (Phi) is 9.26. The predicted molar refractivity (Wildman–Crippen MR) is 151 cm³/mol. The van der Waals surface area contributed by atoms with Gasteiger partial charge in [0.2, 0.25) is 5.91 Å². The summed E-state index contributed by atoms with van der Waals surface area (Å²) in [6.07, 6.45) is 6.29. The third-order valence-electron chi connectivity index (χ3n) is 6.74. The van der Waals surface area contributed by atoms with Crippen molar-refractivity contribution in [1.29, 1.82) is 0 Å². The van der Waals surface area contributed by atoms with Gasteiger partial charge in [0.05, 0.1) is 18.4 Å². The van der Waals surface area contributed by atoms with Gasteiger partial charge in [-0.25, -0.2) is 4.79 Å². The number of thioether (sulfide) groups is 1. The molecule has 0 aliphatic heterocycles. The first-order valence-electron chi connectivity index (χ1n) is 12.9. The molecule has 1 aliphatic carbocycles. The number of anilines is 2. The number of carbonyl (C=O) groups is 2. The van der Waals surface area contributed by atoms with Crippen molar-refractivity contribution in [2.45, 2.75) is 57.5 Å². The van der Waals surface area contributed by atoms with Crippen molar-refractivity contribution in [3.8, 4) is 11.4 Å². The molecule has 1 aromatic carbocycles. The highest BCUT2D eigenvalue weighted by Crippen LogP contribution is 2.37. The number of nitrogens with one attached hydrogen (secondary N) is 1. The molecule has 1 aliphatic rings. The van der Waals surface area contributed by atoms with Crippen LogP contribution in [0.3, 0.4) is 0 Å². The normalized spacial score (nSPS) is 13.4. The third-order valence-corrected chi connectivity index (χ3v) is 8.96. The average Bonchev–Trinajstić information content (AvgIpc) is 3.42. The maximum absolute atomic E-state index is 12.9. The number of aryl methyl sites for hydroxylation is 1. The van der Waals surface area contributed by atoms with Crippen molar-refractivity contribution in [2.24, 2.45) is 7.05 Å². The van der Waals surface area contributed by atoms with Gasteiger partial charge in [-0.2, -0.15) is 0 Å². The summed E-state index contributed by atoms with van der Waals surface area (Å²) in [6.45, 7) is 6.20. The lowest BCUT2D eigenvalue weighted by Gasteiger charge is -2.21. The molecule has 8 nitrogen and oxygen atoms in total. The molecule has 0 radical (unpaired) electrons. The molecule has 4 rings (SSSR count). The fourth-order valence-corrected chi connectivity index (χ4v) is 6.72. The Morgan fingerprint density at radius 1 is 1.08 bits per heavy atom. The summed E-state index contributed by atoms with van der Waals surface area (Å²) >= 11 is 2.83. The van der Waals surface area contributed by atoms with Gasteiger partial charge in [-0.1, -0.05) is 24.6 Å². The second-order valence-corrected chi connectivity index (χ2v) is 11.1. The van der Waals surface area contributed by atoms with Gasteiger partial charge >= 0.3 is 5.97 Å². The van der Waals surface area contributed by atoms with Gasteiger partial charge in [0, 0.05) is 36.3 Å². The molecule has 2 heterocycles. The number of hydrogen-bond acceptors (Lipinski definition) is 8. The largest absolute Gasteiger partial charge is 0.465 e. The molecule has 198 valence electrons. The van der Waals surface area contributed by atoms with Crippen LogP contribution in [0.15, 0.2) is 29.4 Å². The number of carbonyl (C=O) groups excluding carboxylic acids is 2. The Labute approximate surface area is 226 Å². The van der Waals surface area contributed by atoms with Gasteiger partial charge in [0.25, 0.3) is 0 Å². The molecule has 1 N–H and O–H groups in total. The lowest BCUT2D eigenvalue weighted by Crippen LogP contribution is -2.21. The van der Waals surface area contributed by atoms with Gasteiger partial charge in [-0.15, -0.1) is 21.5 Å². The van der Waals surface area contributed by atoms with Crippen LogP contribution in [0, 0.1) is 0 Å². The van der Waals surface area contributed by atoms with Gasteiger partial charge in [-0.3, -0.25) is 4.79 Å². The van der Waals surface area contributed by atoms with E-state index >= 15 is 0 Å². The minimum absolute atomic E-state index is 0.163. The maximum atomic E-state index is 12.9. The summed E-state index contributed by atoms with van der Waals surface area (Å²) < 4.78 is 6.97. The maximum Gasteiger partial charge on any atom is 0.341 e. The van der Waals surface area contributed by atoms with Crippen molar-refractivity contribution < 1.29 is 14.3 Å². The molecule has 37 heavy (non-hydrogen) atoms. The van der Waals surface area contributed by atoms with Gasteiger partial charge in [-0.05, 0) is 69.4 Å². The molecule has 0 saturated carbocycles. The third kappa shape index (κ3) is 6.18. The standard InChI is InChI=1S/C27H35N5O3S2/c1-5-32(6-2)19-15-13-18(14-16-19)24-29-30-27(31(24)3)36-17-22(33)28-25-23(26(34)35-4)20-11-9-7-8-10-12-21(20)37-25/h13-16H,5-12,17H2,1-4H3,(H,28,33). The number of benzene rings is 1. The summed E-state index contributed by atoms with van der Waals surface area (Å²) in [5, 5.41) is 12.9. The Morgan fingerprint density at radius 3 is 2.46 bits per heavy atom. The Morgan fingerprint density at radius 2 is 1.78 bits per heavy atom. The van der Waals surface area contributed by atoms with Crippen LogP contribution >= 0.6 is 23.1 Å². The average molecular weight is 542 g/mol. The van der Waals surface area contributed by atoms with Crippen molar-refractivity contribution in [2.75, 3.05) is 36.2 Å². The first kappa shape index (κ1) is 27.2. The first-order chi connectivity index (χ1) is 18.0. The molecule has 10 heteroatoms. The number of nitrogens with zero attached hydrogens (tertiary/aromatic N) is 4. The van der Waals surface area contributed by atoms with E-state index in [9.17, 15) is 9.59 Å². The van der Waals surface area contributed by atoms with Crippen LogP contribution in [0.2, 0.25) is 0 Å². The highest BCUT2D eigenvalue weighted by atomic mass is 32.2. The molecule has 0 bridgehead atoms. The van der Waals surface area contributed by atoms with Crippen LogP contribution in [0.25, 0.3) is 11.4 Å². The van der Waals surface area contributed by atoms with E-state index in [1.165, 1.54) is 47.2 Å². The number of thiophene rings is 1. The van der Waals surface area contributed by atoms with E-state index in [0.29, 0.717) is 15.7 Å². The minimum atomic E-state index is -0.383. The van der Waals surface area contributed by atoms with Crippen molar-refractivity contribution in [3.63, 3.8) is 0 Å². The van der Waals surface area contributed by atoms with Crippen LogP contribution in [0.4, 0.5) is 10.7 Å². The van der Waals surface area contributed by atoms with E-state index in [2.05, 4.69) is 58.5 Å². The second kappa shape index (κ2) is 12.6. The highest BCUT2D eigenvalue weighted by molar-refractivity contribution is 7.99. The topological polar surface area (TPSA) is 89.3 Å². The molecule has 1 amide bonds. The number of esters is 1. The van der Waals surface area contributed by atoms with E-state index in [0.717, 1.165) is 62.1 Å². The molecule has 0 saturated heterocycles. The van der Waals surface area contributed by atoms with E-state index < -0.39 is 0 Å². The van der Waals surface area contributed by atoms with Crippen molar-refractivity contribution >= 4 is 45.7 Å². The molecule has 0 spiro atoms. The van der Waals surface area contributed by atoms with Gasteiger partial charge < -0.3 is 19.5 Å². The number of hydrogen-bond donors (Lipinski definition) is 1. The summed E-state index contributed by atoms with van der Waals surface area (Å²) in [6, 6.07) is 8.30. The van der Waals surface area contributed by atoms with Crippen LogP contribution in [-0.4, -0.2) is 52.6 Å². The lowest BCUT2D eigenvalue weighted by molar-refractivity contribution is -0.113. The molecular weight excluding hydrogens is 506 g/mol. The quantitative estimate of drug-likeness (QED) is 0.280. The molecule has 0 fully saturated rings. The number of rotatable bonds is 9. The van der Waals surface area contributed by atoms with Crippen LogP contribution in [-0.2, 0) is 29.4 Å². The van der Waals surface area contributed by atoms with Gasteiger partial charge in [0.1, 0.15) is 5.00 Å². The fourth-order valence-electron chi connectivity index (χ4n) is 4.72. The van der Waals surface area contributed by atoms with E-state index in [-0.39, 0.29) is 17.6 Å². The van der Waals surface area contributed by atoms with Crippen molar-refractivity contribution in [1.82, 2.24) is 14.8 Å².